The summed E-state index contributed by atoms with van der Waals surface area (Å²) in [5.41, 5.74) is 5.42. The van der Waals surface area contributed by atoms with E-state index in [2.05, 4.69) is 25.5 Å². The number of hydrogen-bond acceptors (Lipinski definition) is 4. The highest BCUT2D eigenvalue weighted by Gasteiger charge is 2.09. The van der Waals surface area contributed by atoms with Crippen LogP contribution >= 0.6 is 0 Å². The average molecular weight is 331 g/mol. The fourth-order valence-corrected chi connectivity index (χ4v) is 2.89. The molecule has 2 heterocycles. The van der Waals surface area contributed by atoms with E-state index in [4.69, 9.17) is 0 Å². The number of carbonyl (C=O) groups is 1. The van der Waals surface area contributed by atoms with Crippen LogP contribution in [0, 0.1) is 27.7 Å². The van der Waals surface area contributed by atoms with Crippen LogP contribution in [0.4, 0.5) is 0 Å². The zero-order chi connectivity index (χ0) is 17.7. The number of aryl methyl sites for hydroxylation is 4. The summed E-state index contributed by atoms with van der Waals surface area (Å²) in [7, 11) is 0. The van der Waals surface area contributed by atoms with Crippen LogP contribution in [0.3, 0.4) is 0 Å². The SMILES string of the molecule is Cc1n[nH]c(C)c1CCCNC(=O)CCc1c(C)nc(=O)[nH]c1C. The highest BCUT2D eigenvalue weighted by molar-refractivity contribution is 5.76. The lowest BCUT2D eigenvalue weighted by Gasteiger charge is -2.09. The summed E-state index contributed by atoms with van der Waals surface area (Å²) < 4.78 is 0. The van der Waals surface area contributed by atoms with E-state index in [-0.39, 0.29) is 11.6 Å². The maximum Gasteiger partial charge on any atom is 0.345 e. The van der Waals surface area contributed by atoms with E-state index in [1.54, 1.807) is 6.92 Å². The number of nitrogens with zero attached hydrogens (tertiary/aromatic N) is 2. The van der Waals surface area contributed by atoms with Crippen LogP contribution in [0.15, 0.2) is 4.79 Å². The Kier molecular flexibility index (Phi) is 5.89. The molecule has 7 heteroatoms. The molecule has 0 fully saturated rings. The number of H-pyrrole nitrogens is 2. The lowest BCUT2D eigenvalue weighted by molar-refractivity contribution is -0.121. The van der Waals surface area contributed by atoms with Gasteiger partial charge in [-0.3, -0.25) is 9.89 Å². The highest BCUT2D eigenvalue weighted by atomic mass is 16.1. The molecule has 2 rings (SSSR count). The summed E-state index contributed by atoms with van der Waals surface area (Å²) >= 11 is 0. The predicted molar refractivity (Wildman–Crippen MR) is 92.0 cm³/mol. The fourth-order valence-electron chi connectivity index (χ4n) is 2.89. The molecule has 7 nitrogen and oxygen atoms in total. The van der Waals surface area contributed by atoms with Crippen molar-refractivity contribution in [2.45, 2.75) is 53.4 Å². The van der Waals surface area contributed by atoms with Crippen molar-refractivity contribution >= 4 is 5.91 Å². The predicted octanol–water partition coefficient (Wildman–Crippen LogP) is 1.41. The van der Waals surface area contributed by atoms with Gasteiger partial charge in [-0.05, 0) is 58.1 Å². The second-order valence-corrected chi connectivity index (χ2v) is 6.10. The molecule has 0 saturated carbocycles. The fraction of sp³-hybridized carbons (Fsp3) is 0.529. The van der Waals surface area contributed by atoms with Gasteiger partial charge in [-0.25, -0.2) is 4.79 Å². The first-order valence-electron chi connectivity index (χ1n) is 8.22. The van der Waals surface area contributed by atoms with Gasteiger partial charge >= 0.3 is 5.69 Å². The third kappa shape index (κ3) is 4.53. The Balaban J connectivity index is 1.75. The first-order valence-corrected chi connectivity index (χ1v) is 8.22. The molecule has 0 aromatic carbocycles. The second kappa shape index (κ2) is 7.90. The summed E-state index contributed by atoms with van der Waals surface area (Å²) in [6.45, 7) is 8.27. The standard InChI is InChI=1S/C17H25N5O2/c1-10-15(11(2)20-17(24)19-10)7-8-16(23)18-9-5-6-14-12(3)21-22-13(14)4/h5-9H2,1-4H3,(H,18,23)(H,21,22)(H,19,20,24). The Bertz CT molecular complexity index is 730. The Morgan fingerprint density at radius 3 is 2.38 bits per heavy atom. The summed E-state index contributed by atoms with van der Waals surface area (Å²) in [4.78, 5) is 29.8. The van der Waals surface area contributed by atoms with Crippen molar-refractivity contribution in [3.63, 3.8) is 0 Å². The maximum absolute atomic E-state index is 12.0. The molecule has 0 aliphatic carbocycles. The molecule has 3 N–H and O–H groups in total. The van der Waals surface area contributed by atoms with Gasteiger partial charge in [-0.15, -0.1) is 0 Å². The summed E-state index contributed by atoms with van der Waals surface area (Å²) in [5, 5.41) is 10.1. The van der Waals surface area contributed by atoms with Crippen LogP contribution in [0.5, 0.6) is 0 Å². The minimum Gasteiger partial charge on any atom is -0.356 e. The van der Waals surface area contributed by atoms with Crippen molar-refractivity contribution in [2.75, 3.05) is 6.54 Å². The summed E-state index contributed by atoms with van der Waals surface area (Å²) in [6, 6.07) is 0. The van der Waals surface area contributed by atoms with E-state index in [1.807, 2.05) is 20.8 Å². The normalized spacial score (nSPS) is 10.8. The third-order valence-corrected chi connectivity index (χ3v) is 4.26. The van der Waals surface area contributed by atoms with Gasteiger partial charge in [-0.2, -0.15) is 10.1 Å². The van der Waals surface area contributed by atoms with Gasteiger partial charge in [0, 0.05) is 30.0 Å². The van der Waals surface area contributed by atoms with Gasteiger partial charge in [0.15, 0.2) is 0 Å². The molecule has 2 aromatic rings. The number of rotatable bonds is 7. The van der Waals surface area contributed by atoms with E-state index in [1.165, 1.54) is 5.56 Å². The largest absolute Gasteiger partial charge is 0.356 e. The second-order valence-electron chi connectivity index (χ2n) is 6.10. The van der Waals surface area contributed by atoms with Gasteiger partial charge in [0.25, 0.3) is 0 Å². The molecule has 0 atom stereocenters. The molecular formula is C17H25N5O2. The molecule has 2 aromatic heterocycles. The van der Waals surface area contributed by atoms with E-state index < -0.39 is 0 Å². The van der Waals surface area contributed by atoms with E-state index >= 15 is 0 Å². The smallest absolute Gasteiger partial charge is 0.345 e. The Morgan fingerprint density at radius 2 is 1.75 bits per heavy atom. The minimum atomic E-state index is -0.344. The summed E-state index contributed by atoms with van der Waals surface area (Å²) in [6.07, 6.45) is 2.74. The molecule has 0 bridgehead atoms. The number of aromatic amines is 2. The van der Waals surface area contributed by atoms with Crippen LogP contribution in [-0.4, -0.2) is 32.6 Å². The summed E-state index contributed by atoms with van der Waals surface area (Å²) in [5.74, 6) is 0.0145. The van der Waals surface area contributed by atoms with Crippen LogP contribution in [0.1, 0.15) is 46.7 Å². The minimum absolute atomic E-state index is 0.0145. The lowest BCUT2D eigenvalue weighted by Crippen LogP contribution is -2.25. The average Bonchev–Trinajstić information content (AvgIpc) is 2.81. The first-order chi connectivity index (χ1) is 11.4. The van der Waals surface area contributed by atoms with Crippen molar-refractivity contribution in [2.24, 2.45) is 0 Å². The Morgan fingerprint density at radius 1 is 1.04 bits per heavy atom. The number of hydrogen-bond donors (Lipinski definition) is 3. The Labute approximate surface area is 141 Å². The van der Waals surface area contributed by atoms with E-state index in [9.17, 15) is 9.59 Å². The van der Waals surface area contributed by atoms with Crippen LogP contribution in [-0.2, 0) is 17.6 Å². The van der Waals surface area contributed by atoms with Gasteiger partial charge in [-0.1, -0.05) is 0 Å². The molecule has 24 heavy (non-hydrogen) atoms. The van der Waals surface area contributed by atoms with E-state index in [0.29, 0.717) is 25.1 Å². The number of amides is 1. The van der Waals surface area contributed by atoms with Gasteiger partial charge in [0.1, 0.15) is 0 Å². The number of nitrogens with one attached hydrogen (secondary N) is 3. The molecular weight excluding hydrogens is 306 g/mol. The first kappa shape index (κ1) is 17.9. The topological polar surface area (TPSA) is 104 Å². The third-order valence-electron chi connectivity index (χ3n) is 4.26. The van der Waals surface area contributed by atoms with Crippen LogP contribution in [0.25, 0.3) is 0 Å². The monoisotopic (exact) mass is 331 g/mol. The molecule has 0 aliphatic rings. The zero-order valence-electron chi connectivity index (χ0n) is 14.7. The Hall–Kier alpha value is -2.44. The quantitative estimate of drug-likeness (QED) is 0.667. The molecule has 1 amide bonds. The van der Waals surface area contributed by atoms with Crippen molar-refractivity contribution < 1.29 is 4.79 Å². The molecule has 0 saturated heterocycles. The van der Waals surface area contributed by atoms with Crippen molar-refractivity contribution in [1.82, 2.24) is 25.5 Å². The van der Waals surface area contributed by atoms with Crippen molar-refractivity contribution in [3.8, 4) is 0 Å². The van der Waals surface area contributed by atoms with Crippen LogP contribution < -0.4 is 11.0 Å². The van der Waals surface area contributed by atoms with Crippen LogP contribution in [0.2, 0.25) is 0 Å². The van der Waals surface area contributed by atoms with E-state index in [0.717, 1.165) is 35.5 Å². The highest BCUT2D eigenvalue weighted by Crippen LogP contribution is 2.11. The lowest BCUT2D eigenvalue weighted by atomic mass is 10.1. The molecule has 130 valence electrons. The number of aromatic nitrogens is 4. The van der Waals surface area contributed by atoms with Crippen molar-refractivity contribution in [1.29, 1.82) is 0 Å². The zero-order valence-corrected chi connectivity index (χ0v) is 14.7. The molecule has 0 unspecified atom stereocenters. The van der Waals surface area contributed by atoms with Gasteiger partial charge in [0.05, 0.1) is 5.69 Å². The number of carbonyl (C=O) groups excluding carboxylic acids is 1. The molecule has 0 spiro atoms. The maximum atomic E-state index is 12.0. The van der Waals surface area contributed by atoms with Gasteiger partial charge in [0.2, 0.25) is 5.91 Å². The van der Waals surface area contributed by atoms with Crippen molar-refractivity contribution in [3.05, 3.63) is 44.4 Å². The van der Waals surface area contributed by atoms with Gasteiger partial charge < -0.3 is 10.3 Å². The molecule has 0 aliphatic heterocycles. The molecule has 0 radical (unpaired) electrons.